The molecule has 2 aromatic rings. The van der Waals surface area contributed by atoms with Gasteiger partial charge < -0.3 is 4.74 Å². The van der Waals surface area contributed by atoms with Crippen LogP contribution >= 0.6 is 22.6 Å². The fraction of sp³-hybridized carbons (Fsp3) is 0.250. The molecule has 1 aromatic carbocycles. The lowest BCUT2D eigenvalue weighted by Gasteiger charge is -2.09. The highest BCUT2D eigenvalue weighted by molar-refractivity contribution is 14.1. The van der Waals surface area contributed by atoms with Crippen molar-refractivity contribution in [2.75, 3.05) is 6.61 Å². The minimum Gasteiger partial charge on any atom is -0.477 e. The van der Waals surface area contributed by atoms with Crippen molar-refractivity contribution in [2.45, 2.75) is 13.8 Å². The molecule has 0 bridgehead atoms. The monoisotopic (exact) mass is 313 g/mol. The number of benzene rings is 1. The lowest BCUT2D eigenvalue weighted by atomic mass is 10.1. The van der Waals surface area contributed by atoms with E-state index in [1.165, 1.54) is 10.9 Å². The van der Waals surface area contributed by atoms with Gasteiger partial charge in [0, 0.05) is 5.39 Å². The zero-order chi connectivity index (χ0) is 10.8. The van der Waals surface area contributed by atoms with Gasteiger partial charge in [-0.05, 0) is 48.1 Å². The second-order valence-corrected chi connectivity index (χ2v) is 4.38. The lowest BCUT2D eigenvalue weighted by Crippen LogP contribution is -1.99. The van der Waals surface area contributed by atoms with Crippen LogP contribution in [0, 0.1) is 10.5 Å². The van der Waals surface area contributed by atoms with Crippen LogP contribution in [0.2, 0.25) is 0 Å². The molecule has 0 aliphatic carbocycles. The van der Waals surface area contributed by atoms with E-state index in [9.17, 15) is 0 Å². The highest BCUT2D eigenvalue weighted by atomic mass is 127. The highest BCUT2D eigenvalue weighted by Gasteiger charge is 2.09. The quantitative estimate of drug-likeness (QED) is 0.791. The van der Waals surface area contributed by atoms with Gasteiger partial charge in [-0.25, -0.2) is 4.98 Å². The van der Waals surface area contributed by atoms with Crippen LogP contribution in [0.4, 0.5) is 0 Å². The predicted octanol–water partition coefficient (Wildman–Crippen LogP) is 3.55. The molecule has 3 heteroatoms. The standard InChI is InChI=1S/C12H12INO/c1-3-15-12-11(13)8(2)9-6-4-5-7-10(9)14-12/h4-7H,3H2,1-2H3. The number of pyridine rings is 1. The Kier molecular flexibility index (Phi) is 3.09. The summed E-state index contributed by atoms with van der Waals surface area (Å²) in [6.07, 6.45) is 0. The van der Waals surface area contributed by atoms with E-state index in [0.29, 0.717) is 6.61 Å². The van der Waals surface area contributed by atoms with Gasteiger partial charge in [0.15, 0.2) is 0 Å². The minimum atomic E-state index is 0.654. The fourth-order valence-electron chi connectivity index (χ4n) is 1.56. The Labute approximate surface area is 103 Å². The first-order valence-corrected chi connectivity index (χ1v) is 5.99. The van der Waals surface area contributed by atoms with Gasteiger partial charge >= 0.3 is 0 Å². The van der Waals surface area contributed by atoms with Crippen molar-refractivity contribution < 1.29 is 4.74 Å². The van der Waals surface area contributed by atoms with Crippen molar-refractivity contribution in [3.63, 3.8) is 0 Å². The third-order valence-electron chi connectivity index (χ3n) is 2.33. The number of para-hydroxylation sites is 1. The van der Waals surface area contributed by atoms with Crippen LogP contribution in [0.15, 0.2) is 24.3 Å². The van der Waals surface area contributed by atoms with E-state index >= 15 is 0 Å². The fourth-order valence-corrected chi connectivity index (χ4v) is 2.12. The number of hydrogen-bond donors (Lipinski definition) is 0. The Hall–Kier alpha value is -0.840. The number of ether oxygens (including phenoxy) is 1. The maximum atomic E-state index is 5.51. The third kappa shape index (κ3) is 1.93. The van der Waals surface area contributed by atoms with Crippen LogP contribution in [0.5, 0.6) is 5.88 Å². The van der Waals surface area contributed by atoms with E-state index in [-0.39, 0.29) is 0 Å². The Balaban J connectivity index is 2.71. The summed E-state index contributed by atoms with van der Waals surface area (Å²) in [7, 11) is 0. The van der Waals surface area contributed by atoms with Gasteiger partial charge in [-0.15, -0.1) is 0 Å². The summed E-state index contributed by atoms with van der Waals surface area (Å²) >= 11 is 2.29. The Morgan fingerprint density at radius 1 is 1.33 bits per heavy atom. The first-order chi connectivity index (χ1) is 7.24. The second kappa shape index (κ2) is 4.35. The van der Waals surface area contributed by atoms with Crippen molar-refractivity contribution in [3.8, 4) is 5.88 Å². The summed E-state index contributed by atoms with van der Waals surface area (Å²) in [5, 5.41) is 1.20. The molecule has 2 rings (SSSR count). The molecule has 1 aromatic heterocycles. The normalized spacial score (nSPS) is 10.6. The smallest absolute Gasteiger partial charge is 0.227 e. The topological polar surface area (TPSA) is 22.1 Å². The molecular formula is C12H12INO. The largest absolute Gasteiger partial charge is 0.477 e. The summed E-state index contributed by atoms with van der Waals surface area (Å²) in [5.74, 6) is 0.745. The number of nitrogens with zero attached hydrogens (tertiary/aromatic N) is 1. The number of fused-ring (bicyclic) bond motifs is 1. The zero-order valence-electron chi connectivity index (χ0n) is 8.75. The van der Waals surface area contributed by atoms with Crippen molar-refractivity contribution in [3.05, 3.63) is 33.4 Å². The molecule has 2 nitrogen and oxygen atoms in total. The van der Waals surface area contributed by atoms with Gasteiger partial charge in [0.05, 0.1) is 15.7 Å². The number of rotatable bonds is 2. The van der Waals surface area contributed by atoms with Crippen LogP contribution in [-0.2, 0) is 0 Å². The molecule has 0 N–H and O–H groups in total. The van der Waals surface area contributed by atoms with E-state index in [4.69, 9.17) is 4.74 Å². The Morgan fingerprint density at radius 3 is 2.80 bits per heavy atom. The van der Waals surface area contributed by atoms with E-state index in [1.54, 1.807) is 0 Å². The van der Waals surface area contributed by atoms with Crippen LogP contribution in [0.3, 0.4) is 0 Å². The van der Waals surface area contributed by atoms with Gasteiger partial charge in [-0.3, -0.25) is 0 Å². The third-order valence-corrected chi connectivity index (χ3v) is 3.60. The molecule has 0 saturated carbocycles. The number of hydrogen-bond acceptors (Lipinski definition) is 2. The first kappa shape index (κ1) is 10.7. The molecule has 0 amide bonds. The second-order valence-electron chi connectivity index (χ2n) is 3.31. The zero-order valence-corrected chi connectivity index (χ0v) is 10.9. The molecule has 0 atom stereocenters. The average Bonchev–Trinajstić information content (AvgIpc) is 2.26. The Morgan fingerprint density at radius 2 is 2.07 bits per heavy atom. The molecule has 1 heterocycles. The molecule has 0 radical (unpaired) electrons. The SMILES string of the molecule is CCOc1nc2ccccc2c(C)c1I. The molecule has 0 aliphatic heterocycles. The molecule has 0 aliphatic rings. The summed E-state index contributed by atoms with van der Waals surface area (Å²) in [4.78, 5) is 4.50. The van der Waals surface area contributed by atoms with Gasteiger partial charge in [0.1, 0.15) is 0 Å². The Bertz CT molecular complexity index is 496. The maximum Gasteiger partial charge on any atom is 0.227 e. The molecule has 0 spiro atoms. The van der Waals surface area contributed by atoms with E-state index < -0.39 is 0 Å². The molecule has 78 valence electrons. The van der Waals surface area contributed by atoms with E-state index in [0.717, 1.165) is 15.0 Å². The van der Waals surface area contributed by atoms with Crippen LogP contribution in [0.25, 0.3) is 10.9 Å². The predicted molar refractivity (Wildman–Crippen MR) is 70.4 cm³/mol. The van der Waals surface area contributed by atoms with Crippen LogP contribution in [-0.4, -0.2) is 11.6 Å². The van der Waals surface area contributed by atoms with Crippen LogP contribution in [0.1, 0.15) is 12.5 Å². The summed E-state index contributed by atoms with van der Waals surface area (Å²) in [6.45, 7) is 4.73. The molecule has 0 saturated heterocycles. The summed E-state index contributed by atoms with van der Waals surface area (Å²) in [6, 6.07) is 8.14. The number of halogens is 1. The van der Waals surface area contributed by atoms with E-state index in [2.05, 4.69) is 40.6 Å². The van der Waals surface area contributed by atoms with E-state index in [1.807, 2.05) is 25.1 Å². The van der Waals surface area contributed by atoms with Crippen LogP contribution < -0.4 is 4.74 Å². The minimum absolute atomic E-state index is 0.654. The average molecular weight is 313 g/mol. The first-order valence-electron chi connectivity index (χ1n) is 4.91. The molecule has 0 unspecified atom stereocenters. The lowest BCUT2D eigenvalue weighted by molar-refractivity contribution is 0.325. The van der Waals surface area contributed by atoms with Gasteiger partial charge in [0.25, 0.3) is 0 Å². The van der Waals surface area contributed by atoms with Crippen molar-refractivity contribution in [2.24, 2.45) is 0 Å². The molecule has 15 heavy (non-hydrogen) atoms. The highest BCUT2D eigenvalue weighted by Crippen LogP contribution is 2.28. The van der Waals surface area contributed by atoms with Gasteiger partial charge in [-0.1, -0.05) is 18.2 Å². The van der Waals surface area contributed by atoms with Crippen molar-refractivity contribution in [1.82, 2.24) is 4.98 Å². The number of aromatic nitrogens is 1. The summed E-state index contributed by atoms with van der Waals surface area (Å²) < 4.78 is 6.61. The maximum absolute atomic E-state index is 5.51. The van der Waals surface area contributed by atoms with Crippen molar-refractivity contribution in [1.29, 1.82) is 0 Å². The van der Waals surface area contributed by atoms with Gasteiger partial charge in [0.2, 0.25) is 5.88 Å². The molecular weight excluding hydrogens is 301 g/mol. The molecule has 0 fully saturated rings. The van der Waals surface area contributed by atoms with Gasteiger partial charge in [-0.2, -0.15) is 0 Å². The number of aryl methyl sites for hydroxylation is 1. The van der Waals surface area contributed by atoms with Crippen molar-refractivity contribution >= 4 is 33.5 Å². The summed E-state index contributed by atoms with van der Waals surface area (Å²) in [5.41, 5.74) is 2.24.